The van der Waals surface area contributed by atoms with E-state index >= 15 is 0 Å². The zero-order valence-corrected chi connectivity index (χ0v) is 7.59. The van der Waals surface area contributed by atoms with Crippen molar-refractivity contribution in [3.8, 4) is 0 Å². The molecule has 0 saturated carbocycles. The highest BCUT2D eigenvalue weighted by atomic mass is 14.9. The van der Waals surface area contributed by atoms with Crippen LogP contribution in [0.4, 0.5) is 0 Å². The number of pyridine rings is 1. The maximum Gasteiger partial charge on any atom is 0.0541 e. The lowest BCUT2D eigenvalue weighted by Crippen LogP contribution is -2.15. The van der Waals surface area contributed by atoms with Crippen LogP contribution in [0.5, 0.6) is 0 Å². The first-order valence-corrected chi connectivity index (χ1v) is 4.54. The van der Waals surface area contributed by atoms with Crippen LogP contribution >= 0.6 is 0 Å². The highest BCUT2D eigenvalue weighted by molar-refractivity contribution is 5.02. The second-order valence-corrected chi connectivity index (χ2v) is 2.85. The Morgan fingerprint density at radius 2 is 2.33 bits per heavy atom. The van der Waals surface area contributed by atoms with E-state index in [1.807, 2.05) is 24.4 Å². The molecule has 0 bridgehead atoms. The number of rotatable bonds is 5. The van der Waals surface area contributed by atoms with E-state index < -0.39 is 0 Å². The van der Waals surface area contributed by atoms with E-state index in [0.29, 0.717) is 0 Å². The van der Waals surface area contributed by atoms with Gasteiger partial charge in [-0.15, -0.1) is 0 Å². The fourth-order valence-electron chi connectivity index (χ4n) is 1.02. The SMILES string of the molecule is CCCCNCc1ccccn1. The molecule has 0 aliphatic carbocycles. The molecule has 1 N–H and O–H groups in total. The minimum atomic E-state index is 0.890. The van der Waals surface area contributed by atoms with Gasteiger partial charge in [0.25, 0.3) is 0 Å². The minimum absolute atomic E-state index is 0.890. The third kappa shape index (κ3) is 3.49. The van der Waals surface area contributed by atoms with Gasteiger partial charge in [0.2, 0.25) is 0 Å². The van der Waals surface area contributed by atoms with Gasteiger partial charge in [-0.3, -0.25) is 4.98 Å². The zero-order valence-electron chi connectivity index (χ0n) is 7.59. The third-order valence-electron chi connectivity index (χ3n) is 1.74. The molecule has 1 heterocycles. The van der Waals surface area contributed by atoms with Gasteiger partial charge >= 0.3 is 0 Å². The molecule has 0 atom stereocenters. The topological polar surface area (TPSA) is 24.9 Å². The summed E-state index contributed by atoms with van der Waals surface area (Å²) in [5.74, 6) is 0. The van der Waals surface area contributed by atoms with Gasteiger partial charge in [-0.05, 0) is 25.1 Å². The molecule has 66 valence electrons. The van der Waals surface area contributed by atoms with E-state index in [-0.39, 0.29) is 0 Å². The van der Waals surface area contributed by atoms with Crippen LogP contribution in [0.3, 0.4) is 0 Å². The fraction of sp³-hybridized carbons (Fsp3) is 0.500. The van der Waals surface area contributed by atoms with E-state index in [1.165, 1.54) is 12.8 Å². The van der Waals surface area contributed by atoms with Crippen LogP contribution in [0.15, 0.2) is 24.4 Å². The number of nitrogens with zero attached hydrogens (tertiary/aromatic N) is 1. The molecule has 0 fully saturated rings. The predicted molar refractivity (Wildman–Crippen MR) is 50.9 cm³/mol. The lowest BCUT2D eigenvalue weighted by Gasteiger charge is -2.01. The average molecular weight is 164 g/mol. The Kier molecular flexibility index (Phi) is 4.39. The highest BCUT2D eigenvalue weighted by Gasteiger charge is 1.90. The van der Waals surface area contributed by atoms with E-state index in [4.69, 9.17) is 0 Å². The Morgan fingerprint density at radius 3 is 3.00 bits per heavy atom. The molecule has 1 rings (SSSR count). The van der Waals surface area contributed by atoms with Crippen molar-refractivity contribution >= 4 is 0 Å². The molecule has 0 radical (unpaired) electrons. The van der Waals surface area contributed by atoms with Crippen molar-refractivity contribution in [2.75, 3.05) is 6.54 Å². The predicted octanol–water partition coefficient (Wildman–Crippen LogP) is 1.97. The van der Waals surface area contributed by atoms with Gasteiger partial charge in [-0.1, -0.05) is 19.4 Å². The fourth-order valence-corrected chi connectivity index (χ4v) is 1.02. The van der Waals surface area contributed by atoms with Gasteiger partial charge in [-0.2, -0.15) is 0 Å². The van der Waals surface area contributed by atoms with Crippen molar-refractivity contribution in [2.24, 2.45) is 0 Å². The minimum Gasteiger partial charge on any atom is -0.311 e. The Morgan fingerprint density at radius 1 is 1.42 bits per heavy atom. The van der Waals surface area contributed by atoms with Crippen LogP contribution < -0.4 is 5.32 Å². The molecule has 2 heteroatoms. The second kappa shape index (κ2) is 5.72. The Balaban J connectivity index is 2.16. The summed E-state index contributed by atoms with van der Waals surface area (Å²) >= 11 is 0. The van der Waals surface area contributed by atoms with Crippen molar-refractivity contribution in [1.29, 1.82) is 0 Å². The van der Waals surface area contributed by atoms with Crippen LogP contribution in [0.1, 0.15) is 25.5 Å². The van der Waals surface area contributed by atoms with E-state index in [9.17, 15) is 0 Å². The third-order valence-corrected chi connectivity index (χ3v) is 1.74. The smallest absolute Gasteiger partial charge is 0.0541 e. The van der Waals surface area contributed by atoms with Gasteiger partial charge in [0.15, 0.2) is 0 Å². The normalized spacial score (nSPS) is 10.1. The largest absolute Gasteiger partial charge is 0.311 e. The molecule has 12 heavy (non-hydrogen) atoms. The van der Waals surface area contributed by atoms with E-state index in [1.54, 1.807) is 0 Å². The molecule has 0 saturated heterocycles. The first-order valence-electron chi connectivity index (χ1n) is 4.54. The zero-order chi connectivity index (χ0) is 8.65. The standard InChI is InChI=1S/C10H16N2/c1-2-3-7-11-9-10-6-4-5-8-12-10/h4-6,8,11H,2-3,7,9H2,1H3. The van der Waals surface area contributed by atoms with Crippen LogP contribution in [-0.4, -0.2) is 11.5 Å². The summed E-state index contributed by atoms with van der Waals surface area (Å²) in [6.07, 6.45) is 4.32. The van der Waals surface area contributed by atoms with Gasteiger partial charge in [0.05, 0.1) is 5.69 Å². The Hall–Kier alpha value is -0.890. The van der Waals surface area contributed by atoms with Gasteiger partial charge in [-0.25, -0.2) is 0 Å². The number of aromatic nitrogens is 1. The molecule has 0 unspecified atom stereocenters. The molecular formula is C10H16N2. The van der Waals surface area contributed by atoms with E-state index in [0.717, 1.165) is 18.8 Å². The molecule has 2 nitrogen and oxygen atoms in total. The molecule has 1 aromatic rings. The lowest BCUT2D eigenvalue weighted by molar-refractivity contribution is 0.633. The summed E-state index contributed by atoms with van der Waals surface area (Å²) in [6, 6.07) is 6.00. The van der Waals surface area contributed by atoms with Crippen LogP contribution in [0.25, 0.3) is 0 Å². The molecule has 0 aliphatic rings. The van der Waals surface area contributed by atoms with Crippen LogP contribution in [0.2, 0.25) is 0 Å². The van der Waals surface area contributed by atoms with Crippen molar-refractivity contribution in [1.82, 2.24) is 10.3 Å². The summed E-state index contributed by atoms with van der Waals surface area (Å²) in [5.41, 5.74) is 1.12. The van der Waals surface area contributed by atoms with Crippen molar-refractivity contribution in [3.05, 3.63) is 30.1 Å². The highest BCUT2D eigenvalue weighted by Crippen LogP contribution is 1.92. The number of hydrogen-bond acceptors (Lipinski definition) is 2. The van der Waals surface area contributed by atoms with E-state index in [2.05, 4.69) is 17.2 Å². The average Bonchev–Trinajstić information content (AvgIpc) is 2.14. The van der Waals surface area contributed by atoms with Gasteiger partial charge < -0.3 is 5.32 Å². The molecule has 0 spiro atoms. The summed E-state index contributed by atoms with van der Waals surface area (Å²) in [6.45, 7) is 4.18. The maximum absolute atomic E-state index is 4.21. The monoisotopic (exact) mass is 164 g/mol. The van der Waals surface area contributed by atoms with Crippen molar-refractivity contribution < 1.29 is 0 Å². The van der Waals surface area contributed by atoms with Crippen molar-refractivity contribution in [2.45, 2.75) is 26.3 Å². The maximum atomic E-state index is 4.21. The molecular weight excluding hydrogens is 148 g/mol. The summed E-state index contributed by atoms with van der Waals surface area (Å²) in [4.78, 5) is 4.21. The number of hydrogen-bond donors (Lipinski definition) is 1. The molecule has 0 aliphatic heterocycles. The Bertz CT molecular complexity index is 196. The summed E-state index contributed by atoms with van der Waals surface area (Å²) < 4.78 is 0. The van der Waals surface area contributed by atoms with Gasteiger partial charge in [0, 0.05) is 12.7 Å². The van der Waals surface area contributed by atoms with Gasteiger partial charge in [0.1, 0.15) is 0 Å². The Labute approximate surface area is 74.0 Å². The summed E-state index contributed by atoms with van der Waals surface area (Å²) in [7, 11) is 0. The molecule has 0 aromatic carbocycles. The first-order chi connectivity index (χ1) is 5.93. The van der Waals surface area contributed by atoms with Crippen molar-refractivity contribution in [3.63, 3.8) is 0 Å². The molecule has 0 amide bonds. The quantitative estimate of drug-likeness (QED) is 0.673. The first kappa shape index (κ1) is 9.20. The molecule has 1 aromatic heterocycles. The van der Waals surface area contributed by atoms with Crippen LogP contribution in [0, 0.1) is 0 Å². The second-order valence-electron chi connectivity index (χ2n) is 2.85. The summed E-state index contributed by atoms with van der Waals surface area (Å²) in [5, 5.41) is 3.34. The van der Waals surface area contributed by atoms with Crippen LogP contribution in [-0.2, 0) is 6.54 Å². The number of nitrogens with one attached hydrogen (secondary N) is 1. The number of unbranched alkanes of at least 4 members (excludes halogenated alkanes) is 1. The lowest BCUT2D eigenvalue weighted by atomic mass is 10.3.